The number of hydrogen-bond acceptors (Lipinski definition) is 4. The fourth-order valence-electron chi connectivity index (χ4n) is 4.21. The highest BCUT2D eigenvalue weighted by atomic mass is 16.6. The van der Waals surface area contributed by atoms with Gasteiger partial charge in [-0.05, 0) is 85.5 Å². The molecule has 0 spiro atoms. The van der Waals surface area contributed by atoms with E-state index < -0.39 is 5.60 Å². The molecule has 2 aliphatic rings. The molecule has 25 heavy (non-hydrogen) atoms. The highest BCUT2D eigenvalue weighted by molar-refractivity contribution is 5.69. The van der Waals surface area contributed by atoms with Gasteiger partial charge in [0.2, 0.25) is 0 Å². The summed E-state index contributed by atoms with van der Waals surface area (Å²) in [5.74, 6) is 0.775. The van der Waals surface area contributed by atoms with Gasteiger partial charge in [-0.2, -0.15) is 0 Å². The van der Waals surface area contributed by atoms with Crippen LogP contribution in [0.15, 0.2) is 0 Å². The summed E-state index contributed by atoms with van der Waals surface area (Å²) in [5.41, 5.74) is 5.52. The highest BCUT2D eigenvalue weighted by Gasteiger charge is 2.36. The van der Waals surface area contributed by atoms with Gasteiger partial charge >= 0.3 is 6.09 Å². The van der Waals surface area contributed by atoms with Crippen LogP contribution >= 0.6 is 0 Å². The number of nitrogens with two attached hydrogens (primary N) is 1. The molecular formula is C20H38N2O3. The predicted molar refractivity (Wildman–Crippen MR) is 101 cm³/mol. The van der Waals surface area contributed by atoms with Crippen molar-refractivity contribution in [2.24, 2.45) is 11.7 Å². The molecule has 1 saturated heterocycles. The summed E-state index contributed by atoms with van der Waals surface area (Å²) in [5, 5.41) is 0. The van der Waals surface area contributed by atoms with Crippen molar-refractivity contribution in [1.29, 1.82) is 0 Å². The molecule has 1 aliphatic carbocycles. The molecule has 1 unspecified atom stereocenters. The van der Waals surface area contributed by atoms with Crippen molar-refractivity contribution in [3.8, 4) is 0 Å². The Hall–Kier alpha value is -0.810. The van der Waals surface area contributed by atoms with Crippen LogP contribution in [0.1, 0.15) is 79.6 Å². The Morgan fingerprint density at radius 1 is 1.08 bits per heavy atom. The zero-order chi connectivity index (χ0) is 18.6. The molecule has 5 heteroatoms. The minimum absolute atomic E-state index is 0.149. The lowest BCUT2D eigenvalue weighted by molar-refractivity contribution is -0.0483. The maximum absolute atomic E-state index is 12.4. The molecule has 2 N–H and O–H groups in total. The van der Waals surface area contributed by atoms with Crippen molar-refractivity contribution in [3.63, 3.8) is 0 Å². The van der Waals surface area contributed by atoms with Crippen LogP contribution in [-0.2, 0) is 9.47 Å². The van der Waals surface area contributed by atoms with Crippen LogP contribution < -0.4 is 5.73 Å². The zero-order valence-electron chi connectivity index (χ0n) is 16.8. The molecule has 1 aliphatic heterocycles. The first-order valence-electron chi connectivity index (χ1n) is 10.0. The van der Waals surface area contributed by atoms with Crippen molar-refractivity contribution in [3.05, 3.63) is 0 Å². The van der Waals surface area contributed by atoms with E-state index in [0.29, 0.717) is 6.04 Å². The highest BCUT2D eigenvalue weighted by Crippen LogP contribution is 2.29. The third kappa shape index (κ3) is 6.45. The van der Waals surface area contributed by atoms with Gasteiger partial charge in [-0.3, -0.25) is 0 Å². The van der Waals surface area contributed by atoms with E-state index in [-0.39, 0.29) is 24.3 Å². The molecule has 0 aromatic heterocycles. The lowest BCUT2D eigenvalue weighted by Crippen LogP contribution is -2.53. The lowest BCUT2D eigenvalue weighted by atomic mass is 9.85. The summed E-state index contributed by atoms with van der Waals surface area (Å²) in [6.07, 6.45) is 7.77. The number of hydrogen-bond donors (Lipinski definition) is 1. The van der Waals surface area contributed by atoms with Crippen LogP contribution in [0.5, 0.6) is 0 Å². The molecule has 0 bridgehead atoms. The Balaban J connectivity index is 1.74. The van der Waals surface area contributed by atoms with E-state index in [4.69, 9.17) is 15.2 Å². The van der Waals surface area contributed by atoms with Crippen molar-refractivity contribution >= 4 is 6.09 Å². The minimum atomic E-state index is -0.452. The van der Waals surface area contributed by atoms with E-state index in [0.717, 1.165) is 44.6 Å². The first-order chi connectivity index (χ1) is 11.7. The molecule has 2 rings (SSSR count). The van der Waals surface area contributed by atoms with E-state index in [9.17, 15) is 4.79 Å². The normalized spacial score (nSPS) is 34.0. The van der Waals surface area contributed by atoms with Crippen molar-refractivity contribution in [1.82, 2.24) is 4.90 Å². The summed E-state index contributed by atoms with van der Waals surface area (Å²) in [4.78, 5) is 14.3. The van der Waals surface area contributed by atoms with E-state index in [1.165, 1.54) is 12.8 Å². The first kappa shape index (κ1) is 20.5. The average Bonchev–Trinajstić information content (AvgIpc) is 2.46. The monoisotopic (exact) mass is 354 g/mol. The second-order valence-electron chi connectivity index (χ2n) is 9.12. The summed E-state index contributed by atoms with van der Waals surface area (Å²) in [6.45, 7) is 10.8. The number of piperidine rings is 1. The van der Waals surface area contributed by atoms with E-state index in [1.807, 2.05) is 25.7 Å². The van der Waals surface area contributed by atoms with Gasteiger partial charge in [0.05, 0.1) is 6.10 Å². The van der Waals surface area contributed by atoms with Gasteiger partial charge < -0.3 is 20.1 Å². The lowest BCUT2D eigenvalue weighted by Gasteiger charge is -2.42. The smallest absolute Gasteiger partial charge is 0.410 e. The maximum Gasteiger partial charge on any atom is 0.410 e. The quantitative estimate of drug-likeness (QED) is 0.826. The van der Waals surface area contributed by atoms with Crippen LogP contribution in [0.3, 0.4) is 0 Å². The molecule has 2 fully saturated rings. The number of nitrogens with zero attached hydrogens (tertiary/aromatic N) is 1. The van der Waals surface area contributed by atoms with Crippen LogP contribution in [0.2, 0.25) is 0 Å². The van der Waals surface area contributed by atoms with Gasteiger partial charge in [-0.15, -0.1) is 0 Å². The van der Waals surface area contributed by atoms with Gasteiger partial charge in [0.1, 0.15) is 5.60 Å². The number of likely N-dealkylation sites (tertiary alicyclic amines) is 1. The topological polar surface area (TPSA) is 64.8 Å². The Morgan fingerprint density at radius 3 is 2.16 bits per heavy atom. The standard InChI is InChI=1S/C20H38N2O3/c1-14-12-18(24-11-10-16-6-8-17(21)9-7-16)13-15(2)22(14)19(23)25-20(3,4)5/h14-18H,6-13,21H2,1-5H3/t14-,15+,16-,17-,18?. The van der Waals surface area contributed by atoms with Gasteiger partial charge in [0, 0.05) is 24.7 Å². The second-order valence-corrected chi connectivity index (χ2v) is 9.12. The van der Waals surface area contributed by atoms with Crippen LogP contribution in [0, 0.1) is 5.92 Å². The van der Waals surface area contributed by atoms with Crippen molar-refractivity contribution in [2.45, 2.75) is 109 Å². The SMILES string of the molecule is C[C@@H]1CC(OCC[C@H]2CC[C@H](N)CC2)C[C@H](C)N1C(=O)OC(C)(C)C. The molecule has 1 saturated carbocycles. The third-order valence-corrected chi connectivity index (χ3v) is 5.53. The number of carbonyl (C=O) groups excluding carboxylic acids is 1. The maximum atomic E-state index is 12.4. The van der Waals surface area contributed by atoms with E-state index in [1.54, 1.807) is 0 Å². The van der Waals surface area contributed by atoms with Gasteiger partial charge in [-0.25, -0.2) is 4.79 Å². The zero-order valence-corrected chi connectivity index (χ0v) is 16.8. The minimum Gasteiger partial charge on any atom is -0.444 e. The molecule has 3 atom stereocenters. The molecule has 1 heterocycles. The number of carbonyl (C=O) groups is 1. The summed E-state index contributed by atoms with van der Waals surface area (Å²) < 4.78 is 11.7. The predicted octanol–water partition coefficient (Wildman–Crippen LogP) is 4.09. The summed E-state index contributed by atoms with van der Waals surface area (Å²) >= 11 is 0. The summed E-state index contributed by atoms with van der Waals surface area (Å²) in [7, 11) is 0. The van der Waals surface area contributed by atoms with Crippen LogP contribution in [0.4, 0.5) is 4.79 Å². The Kier molecular flexibility index (Phi) is 7.15. The van der Waals surface area contributed by atoms with Crippen molar-refractivity contribution < 1.29 is 14.3 Å². The third-order valence-electron chi connectivity index (χ3n) is 5.53. The van der Waals surface area contributed by atoms with Gasteiger partial charge in [0.15, 0.2) is 0 Å². The Labute approximate surface area is 153 Å². The number of rotatable bonds is 4. The first-order valence-corrected chi connectivity index (χ1v) is 10.0. The van der Waals surface area contributed by atoms with Crippen LogP contribution in [-0.4, -0.2) is 47.4 Å². The fourth-order valence-corrected chi connectivity index (χ4v) is 4.21. The summed E-state index contributed by atoms with van der Waals surface area (Å²) in [6, 6.07) is 0.712. The molecule has 0 aromatic carbocycles. The molecule has 1 amide bonds. The second kappa shape index (κ2) is 8.72. The molecule has 0 aromatic rings. The largest absolute Gasteiger partial charge is 0.444 e. The van der Waals surface area contributed by atoms with E-state index in [2.05, 4.69) is 13.8 Å². The molecule has 5 nitrogen and oxygen atoms in total. The van der Waals surface area contributed by atoms with Gasteiger partial charge in [-0.1, -0.05) is 0 Å². The average molecular weight is 355 g/mol. The van der Waals surface area contributed by atoms with Gasteiger partial charge in [0.25, 0.3) is 0 Å². The Morgan fingerprint density at radius 2 is 1.64 bits per heavy atom. The fraction of sp³-hybridized carbons (Fsp3) is 0.950. The number of ether oxygens (including phenoxy) is 2. The molecule has 0 radical (unpaired) electrons. The molecular weight excluding hydrogens is 316 g/mol. The van der Waals surface area contributed by atoms with Crippen molar-refractivity contribution in [2.75, 3.05) is 6.61 Å². The van der Waals surface area contributed by atoms with Crippen LogP contribution in [0.25, 0.3) is 0 Å². The number of amides is 1. The Bertz CT molecular complexity index is 415. The molecule has 146 valence electrons. The van der Waals surface area contributed by atoms with E-state index >= 15 is 0 Å².